The Kier molecular flexibility index (Phi) is 10.3. The first-order valence-corrected chi connectivity index (χ1v) is 6.71. The van der Waals surface area contributed by atoms with Gasteiger partial charge in [-0.2, -0.15) is 0 Å². The summed E-state index contributed by atoms with van der Waals surface area (Å²) in [6, 6.07) is 7.70. The Balaban J connectivity index is 0. The molecule has 0 heterocycles. The van der Waals surface area contributed by atoms with Crippen LogP contribution in [0.25, 0.3) is 0 Å². The third kappa shape index (κ3) is 17.2. The zero-order valence-electron chi connectivity index (χ0n) is 9.26. The minimum atomic E-state index is -4.02. The SMILES string of the molecule is NC(N)=S.NC(N)=S.O=P(O)(O)c1ccccc1. The van der Waals surface area contributed by atoms with Crippen LogP contribution in [-0.4, -0.2) is 20.0 Å². The maximum Gasteiger partial charge on any atom is 0.356 e. The van der Waals surface area contributed by atoms with Crippen LogP contribution in [0.4, 0.5) is 0 Å². The van der Waals surface area contributed by atoms with Crippen LogP contribution in [0.1, 0.15) is 0 Å². The van der Waals surface area contributed by atoms with Crippen LogP contribution < -0.4 is 28.2 Å². The number of benzene rings is 1. The molecule has 0 aliphatic carbocycles. The fraction of sp³-hybridized carbons (Fsp3) is 0. The molecule has 0 atom stereocenters. The zero-order valence-corrected chi connectivity index (χ0v) is 11.8. The van der Waals surface area contributed by atoms with Gasteiger partial charge >= 0.3 is 7.60 Å². The molecule has 0 unspecified atom stereocenters. The molecule has 0 saturated carbocycles. The molecular formula is C8H15N4O3PS2. The van der Waals surface area contributed by atoms with Crippen LogP contribution in [0.3, 0.4) is 0 Å². The number of rotatable bonds is 1. The number of nitrogens with two attached hydrogens (primary N) is 4. The van der Waals surface area contributed by atoms with Crippen molar-refractivity contribution in [2.24, 2.45) is 22.9 Å². The van der Waals surface area contributed by atoms with Gasteiger partial charge in [0, 0.05) is 0 Å². The highest BCUT2D eigenvalue weighted by atomic mass is 32.1. The van der Waals surface area contributed by atoms with E-state index in [2.05, 4.69) is 47.4 Å². The molecule has 0 spiro atoms. The van der Waals surface area contributed by atoms with Crippen molar-refractivity contribution in [3.8, 4) is 0 Å². The molecule has 0 fully saturated rings. The first-order chi connectivity index (χ1) is 8.07. The van der Waals surface area contributed by atoms with E-state index >= 15 is 0 Å². The molecule has 18 heavy (non-hydrogen) atoms. The van der Waals surface area contributed by atoms with E-state index < -0.39 is 7.60 Å². The van der Waals surface area contributed by atoms with Gasteiger partial charge in [-0.25, -0.2) is 0 Å². The normalized spacial score (nSPS) is 9.00. The highest BCUT2D eigenvalue weighted by Crippen LogP contribution is 2.32. The largest absolute Gasteiger partial charge is 0.377 e. The van der Waals surface area contributed by atoms with E-state index in [1.807, 2.05) is 0 Å². The molecule has 0 aliphatic heterocycles. The van der Waals surface area contributed by atoms with Crippen molar-refractivity contribution in [1.82, 2.24) is 0 Å². The molecule has 0 bridgehead atoms. The second-order valence-electron chi connectivity index (χ2n) is 2.68. The smallest absolute Gasteiger partial charge is 0.356 e. The lowest BCUT2D eigenvalue weighted by molar-refractivity contribution is 0.387. The van der Waals surface area contributed by atoms with Gasteiger partial charge in [-0.3, -0.25) is 4.57 Å². The number of thiocarbonyl (C=S) groups is 2. The summed E-state index contributed by atoms with van der Waals surface area (Å²) in [5.74, 6) is 0. The quantitative estimate of drug-likeness (QED) is 0.278. The summed E-state index contributed by atoms with van der Waals surface area (Å²) >= 11 is 8.19. The van der Waals surface area contributed by atoms with E-state index in [0.29, 0.717) is 0 Å². The van der Waals surface area contributed by atoms with Gasteiger partial charge in [0.25, 0.3) is 0 Å². The summed E-state index contributed by atoms with van der Waals surface area (Å²) in [5, 5.41) is 0.0648. The second kappa shape index (κ2) is 9.75. The molecule has 0 amide bonds. The standard InChI is InChI=1S/C6H7O3P.2CH4N2S/c7-10(8,9)6-4-2-1-3-5-6;2*2-1(3)4/h1-5H,(H2,7,8,9);2*(H4,2,3,4). The summed E-state index contributed by atoms with van der Waals surface area (Å²) in [6.45, 7) is 0. The van der Waals surface area contributed by atoms with Crippen LogP contribution in [0, 0.1) is 0 Å². The summed E-state index contributed by atoms with van der Waals surface area (Å²) in [6.07, 6.45) is 0. The predicted molar refractivity (Wildman–Crippen MR) is 80.1 cm³/mol. The minimum Gasteiger partial charge on any atom is -0.377 e. The Labute approximate surface area is 115 Å². The van der Waals surface area contributed by atoms with Crippen LogP contribution in [0.15, 0.2) is 30.3 Å². The molecule has 1 aromatic rings. The number of hydrogen-bond acceptors (Lipinski definition) is 3. The Hall–Kier alpha value is -1.25. The van der Waals surface area contributed by atoms with E-state index in [9.17, 15) is 4.57 Å². The first-order valence-electron chi connectivity index (χ1n) is 4.28. The van der Waals surface area contributed by atoms with Gasteiger partial charge in [-0.05, 0) is 36.6 Å². The minimum absolute atomic E-state index is 0.000000000000000222. The first kappa shape index (κ1) is 19.1. The van der Waals surface area contributed by atoms with Crippen molar-refractivity contribution in [2.45, 2.75) is 0 Å². The van der Waals surface area contributed by atoms with E-state index in [-0.39, 0.29) is 15.5 Å². The van der Waals surface area contributed by atoms with Crippen molar-refractivity contribution < 1.29 is 14.4 Å². The van der Waals surface area contributed by atoms with Gasteiger partial charge < -0.3 is 32.7 Å². The Morgan fingerprint density at radius 1 is 0.944 bits per heavy atom. The summed E-state index contributed by atoms with van der Waals surface area (Å²) < 4.78 is 10.5. The van der Waals surface area contributed by atoms with Crippen molar-refractivity contribution in [1.29, 1.82) is 0 Å². The molecule has 0 radical (unpaired) electrons. The molecular weight excluding hydrogens is 295 g/mol. The Morgan fingerprint density at radius 3 is 1.39 bits per heavy atom. The van der Waals surface area contributed by atoms with Crippen LogP contribution in [-0.2, 0) is 4.57 Å². The monoisotopic (exact) mass is 310 g/mol. The van der Waals surface area contributed by atoms with Gasteiger partial charge in [-0.1, -0.05) is 18.2 Å². The summed E-state index contributed by atoms with van der Waals surface area (Å²) in [7, 11) is -4.02. The Morgan fingerprint density at radius 2 is 1.22 bits per heavy atom. The fourth-order valence-electron chi connectivity index (χ4n) is 0.622. The van der Waals surface area contributed by atoms with Crippen molar-refractivity contribution in [3.63, 3.8) is 0 Å². The second-order valence-corrected chi connectivity index (χ2v) is 5.23. The van der Waals surface area contributed by atoms with E-state index in [4.69, 9.17) is 9.79 Å². The van der Waals surface area contributed by atoms with Gasteiger partial charge in [-0.15, -0.1) is 0 Å². The molecule has 10 heteroatoms. The van der Waals surface area contributed by atoms with Crippen LogP contribution in [0.5, 0.6) is 0 Å². The molecule has 1 rings (SSSR count). The summed E-state index contributed by atoms with van der Waals surface area (Å²) in [5.41, 5.74) is 18.5. The topological polar surface area (TPSA) is 162 Å². The predicted octanol–water partition coefficient (Wildman–Crippen LogP) is -1.13. The molecule has 0 saturated heterocycles. The molecule has 1 aromatic carbocycles. The maximum atomic E-state index is 10.5. The van der Waals surface area contributed by atoms with Gasteiger partial charge in [0.1, 0.15) is 0 Å². The third-order valence-electron chi connectivity index (χ3n) is 1.09. The van der Waals surface area contributed by atoms with E-state index in [1.54, 1.807) is 18.2 Å². The average Bonchev–Trinajstić information content (AvgIpc) is 2.16. The van der Waals surface area contributed by atoms with Crippen LogP contribution in [0.2, 0.25) is 0 Å². The average molecular weight is 310 g/mol. The number of hydrogen-bond donors (Lipinski definition) is 6. The molecule has 102 valence electrons. The van der Waals surface area contributed by atoms with E-state index in [0.717, 1.165) is 0 Å². The summed E-state index contributed by atoms with van der Waals surface area (Å²) in [4.78, 5) is 17.2. The zero-order chi connectivity index (χ0) is 14.8. The lowest BCUT2D eigenvalue weighted by Crippen LogP contribution is -2.18. The molecule has 10 N–H and O–H groups in total. The van der Waals surface area contributed by atoms with Gasteiger partial charge in [0.2, 0.25) is 0 Å². The lowest BCUT2D eigenvalue weighted by Gasteiger charge is -2.00. The highest BCUT2D eigenvalue weighted by Gasteiger charge is 2.14. The van der Waals surface area contributed by atoms with Crippen molar-refractivity contribution in [3.05, 3.63) is 30.3 Å². The van der Waals surface area contributed by atoms with Gasteiger partial charge in [0.05, 0.1) is 5.30 Å². The van der Waals surface area contributed by atoms with Crippen LogP contribution >= 0.6 is 32.0 Å². The lowest BCUT2D eigenvalue weighted by atomic mass is 10.4. The van der Waals surface area contributed by atoms with E-state index in [1.165, 1.54) is 12.1 Å². The van der Waals surface area contributed by atoms with Gasteiger partial charge in [0.15, 0.2) is 10.2 Å². The Bertz CT molecular complexity index is 404. The molecule has 0 aromatic heterocycles. The molecule has 0 aliphatic rings. The third-order valence-corrected chi connectivity index (χ3v) is 2.06. The van der Waals surface area contributed by atoms with Crippen molar-refractivity contribution >= 4 is 47.6 Å². The maximum absolute atomic E-state index is 10.5. The highest BCUT2D eigenvalue weighted by molar-refractivity contribution is 7.80. The molecule has 7 nitrogen and oxygen atoms in total. The fourth-order valence-corrected chi connectivity index (χ4v) is 1.18. The van der Waals surface area contributed by atoms with Crippen molar-refractivity contribution in [2.75, 3.05) is 0 Å².